The number of carbonyl (C=O) groups excluding carboxylic acids is 1. The number of aromatic nitrogens is 2. The van der Waals surface area contributed by atoms with Gasteiger partial charge in [-0.1, -0.05) is 45.4 Å². The third kappa shape index (κ3) is 2.26. The first-order valence-corrected chi connectivity index (χ1v) is 9.24. The maximum absolute atomic E-state index is 13.1. The van der Waals surface area contributed by atoms with Crippen molar-refractivity contribution in [3.63, 3.8) is 0 Å². The summed E-state index contributed by atoms with van der Waals surface area (Å²) >= 11 is 5.39. The zero-order valence-electron chi connectivity index (χ0n) is 15.4. The summed E-state index contributed by atoms with van der Waals surface area (Å²) in [5.41, 5.74) is 2.68. The van der Waals surface area contributed by atoms with Gasteiger partial charge < -0.3 is 0 Å². The third-order valence-electron chi connectivity index (χ3n) is 6.96. The van der Waals surface area contributed by atoms with E-state index in [4.69, 9.17) is 11.6 Å². The van der Waals surface area contributed by atoms with Crippen LogP contribution in [0.2, 0.25) is 0 Å². The van der Waals surface area contributed by atoms with Crippen LogP contribution in [0.3, 0.4) is 0 Å². The summed E-state index contributed by atoms with van der Waals surface area (Å²) in [6.45, 7) is 9.97. The van der Waals surface area contributed by atoms with Crippen LogP contribution in [0.15, 0.2) is 11.1 Å². The fourth-order valence-corrected chi connectivity index (χ4v) is 5.26. The van der Waals surface area contributed by atoms with E-state index in [1.54, 1.807) is 13.8 Å². The molecule has 2 saturated carbocycles. The quantitative estimate of drug-likeness (QED) is 0.710. The Labute approximate surface area is 155 Å². The Kier molecular flexibility index (Phi) is 3.44. The molecule has 0 amide bonds. The summed E-state index contributed by atoms with van der Waals surface area (Å²) in [6, 6.07) is 0. The molecule has 1 aromatic heterocycles. The molecule has 26 heavy (non-hydrogen) atoms. The first kappa shape index (κ1) is 18.1. The van der Waals surface area contributed by atoms with Gasteiger partial charge >= 0.3 is 6.18 Å². The number of alkyl halides is 3. The lowest BCUT2D eigenvalue weighted by Crippen LogP contribution is -2.20. The summed E-state index contributed by atoms with van der Waals surface area (Å²) in [7, 11) is 0. The minimum absolute atomic E-state index is 0.216. The van der Waals surface area contributed by atoms with Gasteiger partial charge in [0.15, 0.2) is 0 Å². The monoisotopic (exact) mass is 386 g/mol. The summed E-state index contributed by atoms with van der Waals surface area (Å²) in [6.07, 6.45) is -2.78. The number of nitrogens with zero attached hydrogens (tertiary/aromatic N) is 2. The minimum atomic E-state index is -4.58. The zero-order chi connectivity index (χ0) is 19.4. The van der Waals surface area contributed by atoms with Crippen LogP contribution in [-0.2, 0) is 6.42 Å². The number of hydrogen-bond acceptors (Lipinski definition) is 2. The molecule has 2 fully saturated rings. The van der Waals surface area contributed by atoms with Gasteiger partial charge in [-0.2, -0.15) is 18.3 Å². The molecular weight excluding hydrogens is 365 g/mol. The van der Waals surface area contributed by atoms with Crippen molar-refractivity contribution in [2.75, 3.05) is 0 Å². The Morgan fingerprint density at radius 2 is 1.88 bits per heavy atom. The largest absolute Gasteiger partial charge is 0.426 e. The van der Waals surface area contributed by atoms with Gasteiger partial charge in [-0.3, -0.25) is 4.79 Å². The second-order valence-corrected chi connectivity index (χ2v) is 9.55. The van der Waals surface area contributed by atoms with Crippen molar-refractivity contribution in [3.8, 4) is 0 Å². The average Bonchev–Trinajstić information content (AvgIpc) is 3.05. The van der Waals surface area contributed by atoms with E-state index in [1.165, 1.54) is 10.2 Å². The third-order valence-corrected chi connectivity index (χ3v) is 7.30. The van der Waals surface area contributed by atoms with Gasteiger partial charge in [0.05, 0.1) is 17.3 Å². The molecule has 142 valence electrons. The lowest BCUT2D eigenvalue weighted by Gasteiger charge is -2.10. The molecule has 0 spiro atoms. The highest BCUT2D eigenvalue weighted by atomic mass is 35.5. The van der Waals surface area contributed by atoms with Crippen LogP contribution in [0.1, 0.15) is 55.4 Å². The molecular formula is C19H22ClF3N2O. The van der Waals surface area contributed by atoms with Crippen LogP contribution < -0.4 is 0 Å². The van der Waals surface area contributed by atoms with Crippen LogP contribution in [0.4, 0.5) is 13.2 Å². The van der Waals surface area contributed by atoms with Crippen molar-refractivity contribution >= 4 is 17.5 Å². The first-order chi connectivity index (χ1) is 11.8. The lowest BCUT2D eigenvalue weighted by molar-refractivity contribution is -0.0848. The van der Waals surface area contributed by atoms with Crippen LogP contribution in [0, 0.1) is 35.5 Å². The number of fused-ring (bicyclic) bond motifs is 3. The summed E-state index contributed by atoms with van der Waals surface area (Å²) in [5, 5.41) is 3.30. The van der Waals surface area contributed by atoms with E-state index in [0.717, 1.165) is 23.9 Å². The Bertz CT molecular complexity index is 850. The standard InChI is InChI=1S/C19H22ClF3N2O/c1-8-13-11(6-9-14(13)17(9,2)3)25(24-8)16(26)15-10(18(15,4)5)7-12(20)19(21,22)23/h7,9-10,14-15H,6H2,1-5H3/t9-,10?,14-,15?/m1/s1. The van der Waals surface area contributed by atoms with E-state index < -0.39 is 28.5 Å². The second-order valence-electron chi connectivity index (χ2n) is 9.14. The van der Waals surface area contributed by atoms with E-state index in [2.05, 4.69) is 18.9 Å². The fraction of sp³-hybridized carbons (Fsp3) is 0.684. The molecule has 1 heterocycles. The first-order valence-electron chi connectivity index (χ1n) is 8.86. The molecule has 3 aliphatic carbocycles. The number of allylic oxidation sites excluding steroid dienone is 2. The molecule has 0 bridgehead atoms. The van der Waals surface area contributed by atoms with Crippen LogP contribution in [-0.4, -0.2) is 21.9 Å². The molecule has 0 N–H and O–H groups in total. The molecule has 3 aliphatic rings. The van der Waals surface area contributed by atoms with Gasteiger partial charge in [0.25, 0.3) is 5.91 Å². The Balaban J connectivity index is 1.63. The van der Waals surface area contributed by atoms with Crippen molar-refractivity contribution in [1.29, 1.82) is 0 Å². The van der Waals surface area contributed by atoms with Crippen LogP contribution >= 0.6 is 11.6 Å². The average molecular weight is 387 g/mol. The molecule has 1 aromatic rings. The number of hydrogen-bond donors (Lipinski definition) is 0. The highest BCUT2D eigenvalue weighted by Crippen LogP contribution is 2.70. The fourth-order valence-electron chi connectivity index (χ4n) is 5.12. The Morgan fingerprint density at radius 3 is 2.46 bits per heavy atom. The highest BCUT2D eigenvalue weighted by Gasteiger charge is 2.66. The van der Waals surface area contributed by atoms with Crippen molar-refractivity contribution in [1.82, 2.24) is 9.78 Å². The van der Waals surface area contributed by atoms with Gasteiger partial charge in [0.1, 0.15) is 5.03 Å². The smallest absolute Gasteiger partial charge is 0.272 e. The number of carbonyl (C=O) groups is 1. The van der Waals surface area contributed by atoms with E-state index in [-0.39, 0.29) is 11.3 Å². The molecule has 7 heteroatoms. The molecule has 4 atom stereocenters. The highest BCUT2D eigenvalue weighted by molar-refractivity contribution is 6.30. The molecule has 0 saturated heterocycles. The van der Waals surface area contributed by atoms with Crippen molar-refractivity contribution in [3.05, 3.63) is 28.1 Å². The molecule has 3 nitrogen and oxygen atoms in total. The Morgan fingerprint density at radius 1 is 1.27 bits per heavy atom. The summed E-state index contributed by atoms with van der Waals surface area (Å²) < 4.78 is 39.7. The molecule has 0 aromatic carbocycles. The number of aryl methyl sites for hydroxylation is 1. The molecule has 0 aliphatic heterocycles. The van der Waals surface area contributed by atoms with Crippen molar-refractivity contribution < 1.29 is 18.0 Å². The van der Waals surface area contributed by atoms with Gasteiger partial charge in [0, 0.05) is 5.56 Å². The predicted molar refractivity (Wildman–Crippen MR) is 92.1 cm³/mol. The molecule has 0 radical (unpaired) electrons. The van der Waals surface area contributed by atoms with Gasteiger partial charge in [-0.25, -0.2) is 4.68 Å². The van der Waals surface area contributed by atoms with E-state index in [9.17, 15) is 18.0 Å². The van der Waals surface area contributed by atoms with Crippen LogP contribution in [0.5, 0.6) is 0 Å². The maximum Gasteiger partial charge on any atom is 0.426 e. The van der Waals surface area contributed by atoms with Gasteiger partial charge in [-0.15, -0.1) is 0 Å². The topological polar surface area (TPSA) is 34.9 Å². The van der Waals surface area contributed by atoms with Crippen LogP contribution in [0.25, 0.3) is 0 Å². The summed E-state index contributed by atoms with van der Waals surface area (Å²) in [5.74, 6) is -0.299. The van der Waals surface area contributed by atoms with E-state index in [1.807, 2.05) is 6.92 Å². The van der Waals surface area contributed by atoms with Gasteiger partial charge in [0.2, 0.25) is 0 Å². The normalized spacial score (nSPS) is 33.7. The lowest BCUT2D eigenvalue weighted by atomic mass is 9.98. The van der Waals surface area contributed by atoms with Gasteiger partial charge in [-0.05, 0) is 41.9 Å². The summed E-state index contributed by atoms with van der Waals surface area (Å²) in [4.78, 5) is 13.1. The maximum atomic E-state index is 13.1. The Hall–Kier alpha value is -1.30. The molecule has 2 unspecified atom stereocenters. The number of rotatable bonds is 2. The number of halogens is 4. The van der Waals surface area contributed by atoms with Crippen molar-refractivity contribution in [2.24, 2.45) is 28.6 Å². The van der Waals surface area contributed by atoms with Crippen molar-refractivity contribution in [2.45, 2.75) is 53.1 Å². The SMILES string of the molecule is Cc1nn(C(=O)C2C(C=C(Cl)C(F)(F)F)C2(C)C)c2c1[C@H]1[C@@H](C2)C1(C)C. The second kappa shape index (κ2) is 4.94. The van der Waals surface area contributed by atoms with E-state index >= 15 is 0 Å². The zero-order valence-corrected chi connectivity index (χ0v) is 16.2. The predicted octanol–water partition coefficient (Wildman–Crippen LogP) is 5.08. The molecule has 4 rings (SSSR count). The van der Waals surface area contributed by atoms with E-state index in [0.29, 0.717) is 11.8 Å². The minimum Gasteiger partial charge on any atom is -0.272 e.